The maximum atomic E-state index is 12.4. The highest BCUT2D eigenvalue weighted by molar-refractivity contribution is 7.90. The Morgan fingerprint density at radius 2 is 1.85 bits per heavy atom. The van der Waals surface area contributed by atoms with Crippen LogP contribution >= 0.6 is 0 Å². The normalized spacial score (nSPS) is 16.2. The number of amides is 2. The molecule has 3 aromatic rings. The summed E-state index contributed by atoms with van der Waals surface area (Å²) in [5.74, 6) is 1.000. The fraction of sp³-hybridized carbons (Fsp3) is 0.318. The van der Waals surface area contributed by atoms with E-state index in [0.29, 0.717) is 48.3 Å². The Labute approximate surface area is 197 Å². The Bertz CT molecular complexity index is 1300. The molecular weight excluding hydrogens is 458 g/mol. The first-order valence-corrected chi connectivity index (χ1v) is 12.5. The number of nitrogens with zero attached hydrogens (tertiary/aromatic N) is 5. The number of benzene rings is 1. The molecule has 11 nitrogen and oxygen atoms in total. The molecule has 3 heterocycles. The molecular formula is C22H25N7O4S. The van der Waals surface area contributed by atoms with E-state index in [4.69, 9.17) is 4.74 Å². The molecule has 1 unspecified atom stereocenters. The number of hydrogen-bond acceptors (Lipinski definition) is 9. The number of carbonyl (C=O) groups excluding carboxylic acids is 1. The highest BCUT2D eigenvalue weighted by Gasteiger charge is 2.25. The molecule has 12 heteroatoms. The minimum absolute atomic E-state index is 0.0271. The van der Waals surface area contributed by atoms with Crippen LogP contribution in [0.5, 0.6) is 0 Å². The molecule has 0 aliphatic carbocycles. The van der Waals surface area contributed by atoms with Gasteiger partial charge in [-0.1, -0.05) is 0 Å². The number of sulfone groups is 1. The van der Waals surface area contributed by atoms with Gasteiger partial charge in [-0.05, 0) is 43.3 Å². The van der Waals surface area contributed by atoms with Gasteiger partial charge in [-0.2, -0.15) is 9.97 Å². The molecule has 1 aliphatic rings. The highest BCUT2D eigenvalue weighted by atomic mass is 32.2. The number of morpholine rings is 1. The molecule has 178 valence electrons. The lowest BCUT2D eigenvalue weighted by molar-refractivity contribution is 0.0981. The summed E-state index contributed by atoms with van der Waals surface area (Å²) in [6.07, 6.45) is 2.52. The summed E-state index contributed by atoms with van der Waals surface area (Å²) in [4.78, 5) is 31.5. The number of urea groups is 1. The molecule has 1 aliphatic heterocycles. The zero-order valence-electron chi connectivity index (χ0n) is 19.0. The van der Waals surface area contributed by atoms with E-state index >= 15 is 0 Å². The molecule has 1 atom stereocenters. The van der Waals surface area contributed by atoms with Gasteiger partial charge in [0.1, 0.15) is 0 Å². The zero-order chi connectivity index (χ0) is 24.3. The average Bonchev–Trinajstić information content (AvgIpc) is 2.84. The third-order valence-electron chi connectivity index (χ3n) is 5.24. The standard InChI is InChI=1S/C22H25N7O4S/c1-14-13-33-12-11-29(14)21-27-18(15-6-8-16(9-7-15)25-22(30)23-2)26-19(28-21)17-5-4-10-24-20(17)34(3,31)32/h4-10,14H,11-13H2,1-3H3,(H2,23,25,30). The van der Waals surface area contributed by atoms with E-state index in [9.17, 15) is 13.2 Å². The van der Waals surface area contributed by atoms with Gasteiger partial charge in [0.15, 0.2) is 26.5 Å². The van der Waals surface area contributed by atoms with Crippen LogP contribution in [0, 0.1) is 0 Å². The molecule has 1 saturated heterocycles. The van der Waals surface area contributed by atoms with Gasteiger partial charge in [-0.3, -0.25) is 0 Å². The zero-order valence-corrected chi connectivity index (χ0v) is 19.8. The Kier molecular flexibility index (Phi) is 6.70. The first-order valence-electron chi connectivity index (χ1n) is 10.6. The van der Waals surface area contributed by atoms with Crippen LogP contribution in [0.25, 0.3) is 22.8 Å². The van der Waals surface area contributed by atoms with Crippen molar-refractivity contribution in [2.45, 2.75) is 18.0 Å². The predicted octanol–water partition coefficient (Wildman–Crippen LogP) is 1.98. The van der Waals surface area contributed by atoms with Crippen LogP contribution in [0.2, 0.25) is 0 Å². The lowest BCUT2D eigenvalue weighted by atomic mass is 10.2. The summed E-state index contributed by atoms with van der Waals surface area (Å²) in [5, 5.41) is 5.10. The van der Waals surface area contributed by atoms with Crippen molar-refractivity contribution in [2.24, 2.45) is 0 Å². The number of nitrogens with one attached hydrogen (secondary N) is 2. The summed E-state index contributed by atoms with van der Waals surface area (Å²) in [7, 11) is -2.08. The number of carbonyl (C=O) groups is 1. The third kappa shape index (κ3) is 5.13. The van der Waals surface area contributed by atoms with E-state index in [2.05, 4.69) is 30.6 Å². The van der Waals surface area contributed by atoms with Crippen molar-refractivity contribution in [1.82, 2.24) is 25.3 Å². The summed E-state index contributed by atoms with van der Waals surface area (Å²) in [5.41, 5.74) is 1.58. The van der Waals surface area contributed by atoms with Crippen molar-refractivity contribution in [3.63, 3.8) is 0 Å². The second-order valence-corrected chi connectivity index (χ2v) is 9.74. The van der Waals surface area contributed by atoms with E-state index in [-0.39, 0.29) is 22.9 Å². The minimum atomic E-state index is -3.62. The quantitative estimate of drug-likeness (QED) is 0.557. The monoisotopic (exact) mass is 483 g/mol. The Hall–Kier alpha value is -3.64. The molecule has 2 amide bonds. The molecule has 0 saturated carbocycles. The molecule has 2 aromatic heterocycles. The lowest BCUT2D eigenvalue weighted by Gasteiger charge is -2.33. The summed E-state index contributed by atoms with van der Waals surface area (Å²) in [6.45, 7) is 3.65. The molecule has 1 fully saturated rings. The van der Waals surface area contributed by atoms with Crippen molar-refractivity contribution in [1.29, 1.82) is 0 Å². The van der Waals surface area contributed by atoms with Gasteiger partial charge in [-0.15, -0.1) is 0 Å². The van der Waals surface area contributed by atoms with Gasteiger partial charge in [0.2, 0.25) is 5.95 Å². The topological polar surface area (TPSA) is 139 Å². The van der Waals surface area contributed by atoms with Gasteiger partial charge in [0.25, 0.3) is 0 Å². The number of pyridine rings is 1. The van der Waals surface area contributed by atoms with Crippen LogP contribution in [-0.4, -0.2) is 73.5 Å². The van der Waals surface area contributed by atoms with Crippen LogP contribution < -0.4 is 15.5 Å². The number of hydrogen-bond donors (Lipinski definition) is 2. The van der Waals surface area contributed by atoms with Crippen molar-refractivity contribution in [3.8, 4) is 22.8 Å². The molecule has 1 aromatic carbocycles. The first-order chi connectivity index (χ1) is 16.3. The van der Waals surface area contributed by atoms with Gasteiger partial charge in [-0.25, -0.2) is 23.2 Å². The van der Waals surface area contributed by atoms with E-state index in [1.807, 2.05) is 11.8 Å². The summed E-state index contributed by atoms with van der Waals surface area (Å²) in [6, 6.07) is 9.99. The maximum Gasteiger partial charge on any atom is 0.318 e. The fourth-order valence-electron chi connectivity index (χ4n) is 3.52. The molecule has 2 N–H and O–H groups in total. The van der Waals surface area contributed by atoms with Crippen LogP contribution in [0.15, 0.2) is 47.6 Å². The van der Waals surface area contributed by atoms with Gasteiger partial charge in [0.05, 0.1) is 24.8 Å². The smallest absolute Gasteiger partial charge is 0.318 e. The van der Waals surface area contributed by atoms with Crippen LogP contribution in [0.1, 0.15) is 6.92 Å². The predicted molar refractivity (Wildman–Crippen MR) is 127 cm³/mol. The van der Waals surface area contributed by atoms with Crippen molar-refractivity contribution >= 4 is 27.5 Å². The molecule has 4 rings (SSSR count). The van der Waals surface area contributed by atoms with Crippen molar-refractivity contribution < 1.29 is 17.9 Å². The molecule has 34 heavy (non-hydrogen) atoms. The number of aromatic nitrogens is 4. The highest BCUT2D eigenvalue weighted by Crippen LogP contribution is 2.28. The van der Waals surface area contributed by atoms with E-state index in [0.717, 1.165) is 6.26 Å². The maximum absolute atomic E-state index is 12.4. The largest absolute Gasteiger partial charge is 0.377 e. The van der Waals surface area contributed by atoms with Crippen LogP contribution in [0.3, 0.4) is 0 Å². The van der Waals surface area contributed by atoms with Gasteiger partial charge < -0.3 is 20.3 Å². The number of anilines is 2. The number of rotatable bonds is 5. The van der Waals surface area contributed by atoms with Crippen molar-refractivity contribution in [3.05, 3.63) is 42.6 Å². The summed E-state index contributed by atoms with van der Waals surface area (Å²) < 4.78 is 30.3. The van der Waals surface area contributed by atoms with Crippen LogP contribution in [-0.2, 0) is 14.6 Å². The lowest BCUT2D eigenvalue weighted by Crippen LogP contribution is -2.44. The van der Waals surface area contributed by atoms with E-state index in [1.165, 1.54) is 13.2 Å². The first kappa shape index (κ1) is 23.5. The second kappa shape index (κ2) is 9.69. The number of ether oxygens (including phenoxy) is 1. The minimum Gasteiger partial charge on any atom is -0.377 e. The van der Waals surface area contributed by atoms with E-state index < -0.39 is 9.84 Å². The second-order valence-electron chi connectivity index (χ2n) is 7.81. The molecule has 0 radical (unpaired) electrons. The Morgan fingerprint density at radius 1 is 1.12 bits per heavy atom. The van der Waals surface area contributed by atoms with Crippen LogP contribution in [0.4, 0.5) is 16.4 Å². The Morgan fingerprint density at radius 3 is 2.53 bits per heavy atom. The third-order valence-corrected chi connectivity index (χ3v) is 6.27. The van der Waals surface area contributed by atoms with Gasteiger partial charge in [0, 0.05) is 37.3 Å². The SMILES string of the molecule is CNC(=O)Nc1ccc(-c2nc(-c3cccnc3S(C)(=O)=O)nc(N3CCOCC3C)n2)cc1. The summed E-state index contributed by atoms with van der Waals surface area (Å²) >= 11 is 0. The average molecular weight is 484 g/mol. The molecule has 0 spiro atoms. The van der Waals surface area contributed by atoms with Gasteiger partial charge >= 0.3 is 6.03 Å². The van der Waals surface area contributed by atoms with E-state index in [1.54, 1.807) is 36.4 Å². The fourth-order valence-corrected chi connectivity index (χ4v) is 4.33. The molecule has 0 bridgehead atoms. The Balaban J connectivity index is 1.83. The van der Waals surface area contributed by atoms with Crippen molar-refractivity contribution in [2.75, 3.05) is 43.3 Å².